The van der Waals surface area contributed by atoms with Crippen molar-refractivity contribution in [1.29, 1.82) is 0 Å². The molecule has 0 aromatic carbocycles. The smallest absolute Gasteiger partial charge is 0.0466 e. The van der Waals surface area contributed by atoms with Crippen LogP contribution in [0.4, 0.5) is 0 Å². The van der Waals surface area contributed by atoms with Gasteiger partial charge in [-0.25, -0.2) is 0 Å². The summed E-state index contributed by atoms with van der Waals surface area (Å²) in [5.41, 5.74) is 0. The lowest BCUT2D eigenvalue weighted by molar-refractivity contribution is 0.198. The van der Waals surface area contributed by atoms with Gasteiger partial charge in [0.2, 0.25) is 0 Å². The molecule has 0 radical (unpaired) electrons. The summed E-state index contributed by atoms with van der Waals surface area (Å²) in [6, 6.07) is 0. The second kappa shape index (κ2) is 29.7. The summed E-state index contributed by atoms with van der Waals surface area (Å²) in [6.07, 6.45) is 14.5. The first-order chi connectivity index (χ1) is 10.9. The maximum Gasteiger partial charge on any atom is 0.0466 e. The molecule has 26 heavy (non-hydrogen) atoms. The van der Waals surface area contributed by atoms with Crippen LogP contribution in [0.15, 0.2) is 0 Å². The summed E-state index contributed by atoms with van der Waals surface area (Å²) in [7, 11) is 0. The van der Waals surface area contributed by atoms with Gasteiger partial charge in [0.05, 0.1) is 0 Å². The van der Waals surface area contributed by atoms with Crippen LogP contribution in [0.1, 0.15) is 135 Å². The molecule has 0 N–H and O–H groups in total. The van der Waals surface area contributed by atoms with Gasteiger partial charge >= 0.3 is 0 Å². The lowest BCUT2D eigenvalue weighted by atomic mass is 10.3. The summed E-state index contributed by atoms with van der Waals surface area (Å²) >= 11 is 0. The van der Waals surface area contributed by atoms with E-state index < -0.39 is 0 Å². The lowest BCUT2D eigenvalue weighted by Crippen LogP contribution is -1.74. The Bertz CT molecular complexity index is 150. The summed E-state index contributed by atoms with van der Waals surface area (Å²) in [5, 5.41) is 0. The Morgan fingerprint density at radius 3 is 0.962 bits per heavy atom. The topological polar surface area (TPSA) is 9.23 Å². The van der Waals surface area contributed by atoms with Crippen LogP contribution < -0.4 is 0 Å². The lowest BCUT2D eigenvalue weighted by Gasteiger charge is -1.79. The van der Waals surface area contributed by atoms with Crippen LogP contribution in [0, 0.1) is 17.8 Å². The number of hydrogen-bond acceptors (Lipinski definition) is 1. The molecule has 166 valence electrons. The van der Waals surface area contributed by atoms with Crippen molar-refractivity contribution in [2.75, 3.05) is 13.2 Å². The Balaban J connectivity index is -0.0000000691. The van der Waals surface area contributed by atoms with Crippen molar-refractivity contribution in [3.8, 4) is 0 Å². The van der Waals surface area contributed by atoms with Gasteiger partial charge in [-0.05, 0) is 30.6 Å². The normalized spacial score (nSPS) is 16.5. The second-order valence-corrected chi connectivity index (χ2v) is 8.40. The highest BCUT2D eigenvalue weighted by atomic mass is 16.5. The molecule has 0 spiro atoms. The fourth-order valence-electron chi connectivity index (χ4n) is 1.92. The highest BCUT2D eigenvalue weighted by Gasteiger charge is 2.17. The predicted octanol–water partition coefficient (Wildman–Crippen LogP) is 9.79. The zero-order valence-electron chi connectivity index (χ0n) is 17.6. The molecular weight excluding hydrogens is 316 g/mol. The van der Waals surface area contributed by atoms with Crippen LogP contribution in [0.2, 0.25) is 0 Å². The molecule has 0 aromatic rings. The summed E-state index contributed by atoms with van der Waals surface area (Å²) in [5.74, 6) is 2.80. The van der Waals surface area contributed by atoms with E-state index in [-0.39, 0.29) is 22.3 Å². The third kappa shape index (κ3) is 56.4. The maximum absolute atomic E-state index is 4.94. The third-order valence-corrected chi connectivity index (χ3v) is 3.35. The molecule has 2 saturated carbocycles. The van der Waals surface area contributed by atoms with Crippen molar-refractivity contribution in [1.82, 2.24) is 0 Å². The molecule has 3 aliphatic rings. The van der Waals surface area contributed by atoms with E-state index >= 15 is 0 Å². The molecule has 1 nitrogen and oxygen atoms in total. The van der Waals surface area contributed by atoms with Gasteiger partial charge in [0.15, 0.2) is 0 Å². The van der Waals surface area contributed by atoms with Crippen LogP contribution >= 0.6 is 0 Å². The van der Waals surface area contributed by atoms with E-state index in [2.05, 4.69) is 48.5 Å². The molecule has 0 atom stereocenters. The van der Waals surface area contributed by atoms with Crippen LogP contribution in [-0.4, -0.2) is 13.2 Å². The quantitative estimate of drug-likeness (QED) is 0.442. The molecule has 1 saturated heterocycles. The van der Waals surface area contributed by atoms with Gasteiger partial charge in [0, 0.05) is 13.2 Å². The van der Waals surface area contributed by atoms with E-state index in [4.69, 9.17) is 4.74 Å². The highest BCUT2D eigenvalue weighted by Crippen LogP contribution is 2.31. The molecular formula is C25H60O. The Kier molecular flexibility index (Phi) is 42.1. The van der Waals surface area contributed by atoms with Crippen LogP contribution in [-0.2, 0) is 4.74 Å². The average Bonchev–Trinajstić information content (AvgIpc) is 2.95. The van der Waals surface area contributed by atoms with E-state index in [0.29, 0.717) is 0 Å². The first-order valence-corrected chi connectivity index (χ1v) is 10.5. The average molecular weight is 377 g/mol. The van der Waals surface area contributed by atoms with Gasteiger partial charge in [-0.1, -0.05) is 122 Å². The highest BCUT2D eigenvalue weighted by molar-refractivity contribution is 4.69. The molecule has 3 rings (SSSR count). The first-order valence-electron chi connectivity index (χ1n) is 10.5. The Hall–Kier alpha value is -0.0400. The molecule has 1 aliphatic heterocycles. The van der Waals surface area contributed by atoms with E-state index in [1.54, 1.807) is 0 Å². The van der Waals surface area contributed by atoms with Gasteiger partial charge < -0.3 is 4.74 Å². The minimum absolute atomic E-state index is 0. The van der Waals surface area contributed by atoms with Gasteiger partial charge in [0.1, 0.15) is 0 Å². The second-order valence-electron chi connectivity index (χ2n) is 8.40. The van der Waals surface area contributed by atoms with Crippen molar-refractivity contribution in [2.24, 2.45) is 17.8 Å². The van der Waals surface area contributed by atoms with Crippen molar-refractivity contribution in [2.45, 2.75) is 135 Å². The molecule has 0 amide bonds. The first kappa shape index (κ1) is 36.8. The van der Waals surface area contributed by atoms with Crippen molar-refractivity contribution in [3.63, 3.8) is 0 Å². The molecule has 2 aliphatic carbocycles. The molecule has 3 fully saturated rings. The number of hydrogen-bond donors (Lipinski definition) is 0. The van der Waals surface area contributed by atoms with Gasteiger partial charge in [0.25, 0.3) is 0 Å². The number of ether oxygens (including phenoxy) is 1. The largest absolute Gasteiger partial charge is 0.381 e. The van der Waals surface area contributed by atoms with Crippen LogP contribution in [0.25, 0.3) is 0 Å². The maximum atomic E-state index is 4.94. The standard InChI is InChI=1S/2C5H10.C4H8O.2C4H10.3CH4/c1-2-5-3-4-5;2*1-2-4-5-3-1;2*1-4(2)3;;;/h5H,2-4H2,1H3;1-5H2;1-4H2;2*4H,1-3H3;3*1H4. The van der Waals surface area contributed by atoms with E-state index in [1.807, 2.05) is 0 Å². The predicted molar refractivity (Wildman–Crippen MR) is 127 cm³/mol. The van der Waals surface area contributed by atoms with E-state index in [9.17, 15) is 0 Å². The summed E-state index contributed by atoms with van der Waals surface area (Å²) < 4.78 is 4.94. The molecule has 1 heterocycles. The SMILES string of the molecule is C.C.C.C1CCCC1.C1CCOC1.CC(C)C.CC(C)C.CCC1CC1. The fourth-order valence-corrected chi connectivity index (χ4v) is 1.92. The van der Waals surface area contributed by atoms with Crippen LogP contribution in [0.5, 0.6) is 0 Å². The van der Waals surface area contributed by atoms with Gasteiger partial charge in [-0.2, -0.15) is 0 Å². The Morgan fingerprint density at radius 2 is 0.885 bits per heavy atom. The molecule has 0 bridgehead atoms. The molecule has 1 heteroatoms. The molecule has 0 aromatic heterocycles. The van der Waals surface area contributed by atoms with Crippen molar-refractivity contribution in [3.05, 3.63) is 0 Å². The van der Waals surface area contributed by atoms with E-state index in [1.165, 1.54) is 64.2 Å². The van der Waals surface area contributed by atoms with Crippen LogP contribution in [0.3, 0.4) is 0 Å². The minimum atomic E-state index is 0. The zero-order valence-corrected chi connectivity index (χ0v) is 17.6. The van der Waals surface area contributed by atoms with E-state index in [0.717, 1.165) is 31.0 Å². The number of rotatable bonds is 1. The monoisotopic (exact) mass is 376 g/mol. The van der Waals surface area contributed by atoms with Crippen molar-refractivity contribution >= 4 is 0 Å². The molecule has 0 unspecified atom stereocenters. The van der Waals surface area contributed by atoms with Gasteiger partial charge in [-0.15, -0.1) is 0 Å². The van der Waals surface area contributed by atoms with Crippen molar-refractivity contribution < 1.29 is 4.74 Å². The Morgan fingerprint density at radius 1 is 0.615 bits per heavy atom. The minimum Gasteiger partial charge on any atom is -0.381 e. The fraction of sp³-hybridized carbons (Fsp3) is 1.00. The zero-order chi connectivity index (χ0) is 17.9. The summed E-state index contributed by atoms with van der Waals surface area (Å²) in [6.45, 7) is 17.3. The summed E-state index contributed by atoms with van der Waals surface area (Å²) in [4.78, 5) is 0. The van der Waals surface area contributed by atoms with Gasteiger partial charge in [-0.3, -0.25) is 0 Å². The third-order valence-electron chi connectivity index (χ3n) is 3.35. The Labute approximate surface area is 171 Å².